The quantitative estimate of drug-likeness (QED) is 0.386. The number of rotatable bonds is 10. The average Bonchev–Trinajstić information content (AvgIpc) is 2.61. The van der Waals surface area contributed by atoms with Gasteiger partial charge in [0, 0.05) is 22.9 Å². The molecule has 3 nitrogen and oxygen atoms in total. The molecule has 0 fully saturated rings. The maximum absolute atomic E-state index is 10.1. The second kappa shape index (κ2) is 10.8. The van der Waals surface area contributed by atoms with Crippen molar-refractivity contribution in [1.82, 2.24) is 0 Å². The Bertz CT molecular complexity index is 668. The van der Waals surface area contributed by atoms with Crippen molar-refractivity contribution in [3.05, 3.63) is 53.1 Å². The Morgan fingerprint density at radius 2 is 1.72 bits per heavy atom. The molecule has 0 spiro atoms. The van der Waals surface area contributed by atoms with Crippen LogP contribution in [0.3, 0.4) is 0 Å². The molecule has 0 amide bonds. The van der Waals surface area contributed by atoms with E-state index in [2.05, 4.69) is 11.9 Å². The number of ether oxygens (including phenoxy) is 1. The van der Waals surface area contributed by atoms with E-state index in [9.17, 15) is 5.11 Å². The molecule has 4 heteroatoms. The molecular weight excluding hydrogens is 334 g/mol. The van der Waals surface area contributed by atoms with Crippen molar-refractivity contribution in [1.29, 1.82) is 0 Å². The minimum atomic E-state index is 0.165. The van der Waals surface area contributed by atoms with Crippen molar-refractivity contribution in [3.63, 3.8) is 0 Å². The van der Waals surface area contributed by atoms with E-state index in [0.717, 1.165) is 12.1 Å². The molecule has 0 aliphatic carbocycles. The molecule has 0 bridgehead atoms. The van der Waals surface area contributed by atoms with Crippen molar-refractivity contribution in [2.24, 2.45) is 4.99 Å². The first-order valence-corrected chi connectivity index (χ1v) is 9.32. The summed E-state index contributed by atoms with van der Waals surface area (Å²) in [6.07, 6.45) is 9.02. The number of hydrogen-bond donors (Lipinski definition) is 1. The van der Waals surface area contributed by atoms with Crippen LogP contribution in [-0.2, 0) is 0 Å². The summed E-state index contributed by atoms with van der Waals surface area (Å²) in [5.41, 5.74) is 1.44. The van der Waals surface area contributed by atoms with Crippen LogP contribution in [0.4, 0.5) is 5.69 Å². The SMILES string of the molecule is CCCCCCCCOc1ccc(C=Nc2ccc(Cl)cc2)c(O)c1. The van der Waals surface area contributed by atoms with Crippen molar-refractivity contribution in [2.45, 2.75) is 45.4 Å². The Hall–Kier alpha value is -2.00. The largest absolute Gasteiger partial charge is 0.507 e. The fourth-order valence-electron chi connectivity index (χ4n) is 2.47. The molecule has 2 aromatic rings. The number of nitrogens with zero attached hydrogens (tertiary/aromatic N) is 1. The van der Waals surface area contributed by atoms with E-state index in [-0.39, 0.29) is 5.75 Å². The number of aliphatic imine (C=N–C) groups is 1. The normalized spacial score (nSPS) is 11.1. The van der Waals surface area contributed by atoms with Crippen LogP contribution in [-0.4, -0.2) is 17.9 Å². The Morgan fingerprint density at radius 1 is 1.00 bits per heavy atom. The summed E-state index contributed by atoms with van der Waals surface area (Å²) in [6.45, 7) is 2.91. The topological polar surface area (TPSA) is 41.8 Å². The highest BCUT2D eigenvalue weighted by atomic mass is 35.5. The molecule has 0 saturated carbocycles. The van der Waals surface area contributed by atoms with E-state index in [1.54, 1.807) is 24.4 Å². The molecule has 0 saturated heterocycles. The summed E-state index contributed by atoms with van der Waals surface area (Å²) < 4.78 is 5.71. The van der Waals surface area contributed by atoms with Crippen LogP contribution in [0.5, 0.6) is 11.5 Å². The highest BCUT2D eigenvalue weighted by Crippen LogP contribution is 2.24. The first kappa shape index (κ1) is 19.3. The first-order valence-electron chi connectivity index (χ1n) is 8.94. The summed E-state index contributed by atoms with van der Waals surface area (Å²) >= 11 is 5.85. The molecule has 134 valence electrons. The number of aromatic hydroxyl groups is 1. The zero-order valence-electron chi connectivity index (χ0n) is 14.7. The third-order valence-corrected chi connectivity index (χ3v) is 4.20. The van der Waals surface area contributed by atoms with E-state index in [0.29, 0.717) is 22.9 Å². The van der Waals surface area contributed by atoms with Gasteiger partial charge >= 0.3 is 0 Å². The van der Waals surface area contributed by atoms with Crippen LogP contribution >= 0.6 is 11.6 Å². The van der Waals surface area contributed by atoms with Crippen LogP contribution in [0.1, 0.15) is 51.0 Å². The van der Waals surface area contributed by atoms with Gasteiger partial charge in [0.1, 0.15) is 11.5 Å². The van der Waals surface area contributed by atoms with Crippen molar-refractivity contribution >= 4 is 23.5 Å². The Labute approximate surface area is 155 Å². The molecule has 0 heterocycles. The van der Waals surface area contributed by atoms with E-state index in [1.807, 2.05) is 24.3 Å². The van der Waals surface area contributed by atoms with Gasteiger partial charge in [-0.3, -0.25) is 4.99 Å². The van der Waals surface area contributed by atoms with Crippen LogP contribution in [0.15, 0.2) is 47.5 Å². The zero-order valence-corrected chi connectivity index (χ0v) is 15.5. The highest BCUT2D eigenvalue weighted by Gasteiger charge is 2.02. The third-order valence-electron chi connectivity index (χ3n) is 3.95. The molecule has 1 N–H and O–H groups in total. The second-order valence-electron chi connectivity index (χ2n) is 6.07. The van der Waals surface area contributed by atoms with E-state index in [4.69, 9.17) is 16.3 Å². The maximum atomic E-state index is 10.1. The fourth-order valence-corrected chi connectivity index (χ4v) is 2.59. The van der Waals surface area contributed by atoms with Crippen molar-refractivity contribution in [3.8, 4) is 11.5 Å². The Kier molecular flexibility index (Phi) is 8.33. The summed E-state index contributed by atoms with van der Waals surface area (Å²) in [5, 5.41) is 10.8. The molecule has 2 rings (SSSR count). The van der Waals surface area contributed by atoms with Gasteiger partial charge in [0.2, 0.25) is 0 Å². The molecule has 0 aliphatic heterocycles. The van der Waals surface area contributed by atoms with Crippen LogP contribution < -0.4 is 4.74 Å². The van der Waals surface area contributed by atoms with Gasteiger partial charge in [0.05, 0.1) is 12.3 Å². The maximum Gasteiger partial charge on any atom is 0.128 e. The van der Waals surface area contributed by atoms with Gasteiger partial charge in [-0.1, -0.05) is 50.6 Å². The van der Waals surface area contributed by atoms with Gasteiger partial charge in [-0.2, -0.15) is 0 Å². The molecule has 0 radical (unpaired) electrons. The lowest BCUT2D eigenvalue weighted by molar-refractivity contribution is 0.302. The average molecular weight is 360 g/mol. The van der Waals surface area contributed by atoms with E-state index < -0.39 is 0 Å². The lowest BCUT2D eigenvalue weighted by atomic mass is 10.1. The van der Waals surface area contributed by atoms with Gasteiger partial charge in [0.15, 0.2) is 0 Å². The number of halogens is 1. The second-order valence-corrected chi connectivity index (χ2v) is 6.51. The lowest BCUT2D eigenvalue weighted by Crippen LogP contribution is -1.97. The summed E-state index contributed by atoms with van der Waals surface area (Å²) in [7, 11) is 0. The molecule has 0 unspecified atom stereocenters. The van der Waals surface area contributed by atoms with Crippen molar-refractivity contribution < 1.29 is 9.84 Å². The van der Waals surface area contributed by atoms with Gasteiger partial charge in [-0.05, 0) is 42.8 Å². The van der Waals surface area contributed by atoms with E-state index >= 15 is 0 Å². The minimum Gasteiger partial charge on any atom is -0.507 e. The predicted octanol–water partition coefficient (Wildman–Crippen LogP) is 6.54. The Morgan fingerprint density at radius 3 is 2.44 bits per heavy atom. The molecule has 0 aliphatic rings. The predicted molar refractivity (Wildman–Crippen MR) is 106 cm³/mol. The van der Waals surface area contributed by atoms with Crippen LogP contribution in [0.25, 0.3) is 0 Å². The van der Waals surface area contributed by atoms with Crippen LogP contribution in [0.2, 0.25) is 5.02 Å². The summed E-state index contributed by atoms with van der Waals surface area (Å²) in [6, 6.07) is 12.5. The van der Waals surface area contributed by atoms with Gasteiger partial charge in [0.25, 0.3) is 0 Å². The van der Waals surface area contributed by atoms with Crippen molar-refractivity contribution in [2.75, 3.05) is 6.61 Å². The Balaban J connectivity index is 1.80. The molecule has 2 aromatic carbocycles. The minimum absolute atomic E-state index is 0.165. The van der Waals surface area contributed by atoms with E-state index in [1.165, 1.54) is 32.1 Å². The zero-order chi connectivity index (χ0) is 17.9. The monoisotopic (exact) mass is 359 g/mol. The van der Waals surface area contributed by atoms with Gasteiger partial charge in [-0.15, -0.1) is 0 Å². The smallest absolute Gasteiger partial charge is 0.128 e. The summed E-state index contributed by atoms with van der Waals surface area (Å²) in [5.74, 6) is 0.855. The lowest BCUT2D eigenvalue weighted by Gasteiger charge is -2.07. The standard InChI is InChI=1S/C21H26ClNO2/c1-2-3-4-5-6-7-14-25-20-13-8-17(21(24)15-20)16-23-19-11-9-18(22)10-12-19/h8-13,15-16,24H,2-7,14H2,1H3. The fraction of sp³-hybridized carbons (Fsp3) is 0.381. The molecule has 0 atom stereocenters. The van der Waals surface area contributed by atoms with Gasteiger partial charge < -0.3 is 9.84 Å². The number of phenols is 1. The molecule has 25 heavy (non-hydrogen) atoms. The molecular formula is C21H26ClNO2. The number of unbranched alkanes of at least 4 members (excludes halogenated alkanes) is 5. The number of hydrogen-bond acceptors (Lipinski definition) is 3. The van der Waals surface area contributed by atoms with Crippen LogP contribution in [0, 0.1) is 0 Å². The summed E-state index contributed by atoms with van der Waals surface area (Å²) in [4.78, 5) is 4.33. The van der Waals surface area contributed by atoms with Gasteiger partial charge in [-0.25, -0.2) is 0 Å². The number of benzene rings is 2. The first-order chi connectivity index (χ1) is 12.2. The third kappa shape index (κ3) is 7.18. The molecule has 0 aromatic heterocycles. The number of phenolic OH excluding ortho intramolecular Hbond substituents is 1. The highest BCUT2D eigenvalue weighted by molar-refractivity contribution is 6.30.